The van der Waals surface area contributed by atoms with Crippen LogP contribution in [0.15, 0.2) is 109 Å². The third kappa shape index (κ3) is 3.24. The minimum absolute atomic E-state index is 0.0401. The van der Waals surface area contributed by atoms with Crippen LogP contribution in [0, 0.1) is 29.9 Å². The van der Waals surface area contributed by atoms with Gasteiger partial charge in [0, 0.05) is 50.5 Å². The summed E-state index contributed by atoms with van der Waals surface area (Å²) in [5.74, 6) is -1.54. The van der Waals surface area contributed by atoms with Crippen LogP contribution >= 0.6 is 0 Å². The Balaban J connectivity index is 1.44. The van der Waals surface area contributed by atoms with Crippen LogP contribution in [-0.2, 0) is 0 Å². The monoisotopic (exact) mass is 569 g/mol. The zero-order chi connectivity index (χ0) is 29.7. The molecule has 1 N–H and O–H groups in total. The lowest BCUT2D eigenvalue weighted by molar-refractivity contribution is 0.585. The second-order valence-electron chi connectivity index (χ2n) is 11.6. The molecule has 3 nitrogen and oxygen atoms in total. The lowest BCUT2D eigenvalue weighted by atomic mass is 9.34. The smallest absolute Gasteiger partial charge is 0.252 e. The highest BCUT2D eigenvalue weighted by atomic mass is 19.1. The van der Waals surface area contributed by atoms with Gasteiger partial charge in [0.2, 0.25) is 0 Å². The molecule has 9 rings (SSSR count). The molecule has 0 aliphatic carbocycles. The second kappa shape index (κ2) is 8.92. The number of fused-ring (bicyclic) bond motifs is 7. The lowest BCUT2D eigenvalue weighted by Crippen LogP contribution is -2.59. The molecule has 1 aromatic heterocycles. The Labute approximate surface area is 252 Å². The maximum atomic E-state index is 15.6. The number of nitriles is 1. The van der Waals surface area contributed by atoms with Crippen molar-refractivity contribution < 1.29 is 8.78 Å². The van der Waals surface area contributed by atoms with E-state index in [1.807, 2.05) is 36.4 Å². The summed E-state index contributed by atoms with van der Waals surface area (Å²) in [6.07, 6.45) is 0. The molecule has 0 unspecified atom stereocenters. The van der Waals surface area contributed by atoms with E-state index in [-0.39, 0.29) is 17.8 Å². The van der Waals surface area contributed by atoms with Gasteiger partial charge in [0.15, 0.2) is 0 Å². The fraction of sp³-hybridized carbons (Fsp3) is 0.0263. The van der Waals surface area contributed by atoms with Crippen LogP contribution < -0.4 is 21.7 Å². The number of halogens is 2. The first kappa shape index (κ1) is 24.9. The molecule has 7 aromatic rings. The SMILES string of the molecule is Cc1ccccc1-c1cccc2c1Nc1cc(-c3c(F)cc(F)cc3C#N)cc3c1B2c1cccc2c4ccccc4n-3c12. The van der Waals surface area contributed by atoms with Crippen LogP contribution in [-0.4, -0.2) is 11.3 Å². The Kier molecular flexibility index (Phi) is 5.05. The van der Waals surface area contributed by atoms with Gasteiger partial charge in [-0.1, -0.05) is 78.9 Å². The molecule has 3 heterocycles. The largest absolute Gasteiger partial charge is 0.356 e. The average molecular weight is 569 g/mol. The summed E-state index contributed by atoms with van der Waals surface area (Å²) in [5.41, 5.74) is 12.3. The van der Waals surface area contributed by atoms with E-state index in [1.165, 1.54) is 16.5 Å². The molecule has 0 radical (unpaired) electrons. The third-order valence-corrected chi connectivity index (χ3v) is 9.29. The Morgan fingerprint density at radius 1 is 0.773 bits per heavy atom. The zero-order valence-corrected chi connectivity index (χ0v) is 23.6. The summed E-state index contributed by atoms with van der Waals surface area (Å²) in [6.45, 7) is 2.03. The molecule has 6 heteroatoms. The third-order valence-electron chi connectivity index (χ3n) is 9.29. The Morgan fingerprint density at radius 3 is 2.39 bits per heavy atom. The average Bonchev–Trinajstić information content (AvgIpc) is 3.38. The Morgan fingerprint density at radius 2 is 1.52 bits per heavy atom. The van der Waals surface area contributed by atoms with E-state index in [0.717, 1.165) is 67.6 Å². The summed E-state index contributed by atoms with van der Waals surface area (Å²) in [6, 6.07) is 37.5. The maximum absolute atomic E-state index is 15.6. The normalized spacial score (nSPS) is 12.5. The fourth-order valence-electron chi connectivity index (χ4n) is 7.52. The van der Waals surface area contributed by atoms with Crippen LogP contribution in [0.3, 0.4) is 0 Å². The first-order valence-corrected chi connectivity index (χ1v) is 14.6. The van der Waals surface area contributed by atoms with E-state index in [1.54, 1.807) is 0 Å². The van der Waals surface area contributed by atoms with E-state index in [4.69, 9.17) is 0 Å². The van der Waals surface area contributed by atoms with E-state index in [0.29, 0.717) is 5.56 Å². The number of hydrogen-bond acceptors (Lipinski definition) is 2. The van der Waals surface area contributed by atoms with Crippen molar-refractivity contribution in [2.45, 2.75) is 6.92 Å². The first-order valence-electron chi connectivity index (χ1n) is 14.6. The first-order chi connectivity index (χ1) is 21.5. The quantitative estimate of drug-likeness (QED) is 0.220. The van der Waals surface area contributed by atoms with Gasteiger partial charge >= 0.3 is 0 Å². The summed E-state index contributed by atoms with van der Waals surface area (Å²) < 4.78 is 32.1. The standard InChI is InChI=1S/C38H22BF2N3/c1-21-8-2-3-9-25(21)27-11-6-13-29-37(27)43-32-17-22(35-23(20-42)16-24(40)19-31(35)41)18-34-36(32)39(29)30-14-7-12-28-26-10-4-5-15-33(26)44(34)38(28)30/h2-19,43H,1H3. The lowest BCUT2D eigenvalue weighted by Gasteiger charge is -2.35. The molecule has 44 heavy (non-hydrogen) atoms. The van der Waals surface area contributed by atoms with Gasteiger partial charge in [0.1, 0.15) is 11.6 Å². The number of para-hydroxylation sites is 3. The van der Waals surface area contributed by atoms with Gasteiger partial charge in [-0.3, -0.25) is 0 Å². The van der Waals surface area contributed by atoms with Crippen molar-refractivity contribution in [1.82, 2.24) is 4.57 Å². The van der Waals surface area contributed by atoms with Gasteiger partial charge in [-0.2, -0.15) is 5.26 Å². The molecule has 0 atom stereocenters. The summed E-state index contributed by atoms with van der Waals surface area (Å²) in [7, 11) is 0. The van der Waals surface area contributed by atoms with Gasteiger partial charge in [0.25, 0.3) is 6.71 Å². The van der Waals surface area contributed by atoms with Crippen LogP contribution in [0.5, 0.6) is 0 Å². The molecule has 2 aliphatic rings. The van der Waals surface area contributed by atoms with Crippen molar-refractivity contribution in [2.75, 3.05) is 5.32 Å². The molecular formula is C38H22BF2N3. The second-order valence-corrected chi connectivity index (χ2v) is 11.6. The fourth-order valence-corrected chi connectivity index (χ4v) is 7.52. The van der Waals surface area contributed by atoms with Crippen molar-refractivity contribution in [3.05, 3.63) is 132 Å². The van der Waals surface area contributed by atoms with Crippen molar-refractivity contribution >= 4 is 56.3 Å². The van der Waals surface area contributed by atoms with Gasteiger partial charge in [-0.25, -0.2) is 8.78 Å². The molecule has 2 aliphatic heterocycles. The molecule has 206 valence electrons. The zero-order valence-electron chi connectivity index (χ0n) is 23.6. The highest BCUT2D eigenvalue weighted by molar-refractivity contribution is 7.00. The highest BCUT2D eigenvalue weighted by Crippen LogP contribution is 2.41. The van der Waals surface area contributed by atoms with Crippen molar-refractivity contribution in [3.8, 4) is 34.0 Å². The van der Waals surface area contributed by atoms with Crippen molar-refractivity contribution in [3.63, 3.8) is 0 Å². The van der Waals surface area contributed by atoms with Crippen LogP contribution in [0.1, 0.15) is 11.1 Å². The summed E-state index contributed by atoms with van der Waals surface area (Å²) in [5, 5.41) is 16.0. The minimum atomic E-state index is -0.774. The number of nitrogens with zero attached hydrogens (tertiary/aromatic N) is 2. The molecule has 0 amide bonds. The van der Waals surface area contributed by atoms with Gasteiger partial charge in [0.05, 0.1) is 17.1 Å². The number of nitrogens with one attached hydrogen (secondary N) is 1. The molecular weight excluding hydrogens is 547 g/mol. The Bertz CT molecular complexity index is 2440. The van der Waals surface area contributed by atoms with Gasteiger partial charge < -0.3 is 9.88 Å². The van der Waals surface area contributed by atoms with Crippen LogP contribution in [0.4, 0.5) is 20.2 Å². The summed E-state index contributed by atoms with van der Waals surface area (Å²) >= 11 is 0. The molecule has 0 saturated carbocycles. The van der Waals surface area contributed by atoms with E-state index in [2.05, 4.69) is 83.5 Å². The van der Waals surface area contributed by atoms with E-state index >= 15 is 4.39 Å². The number of anilines is 2. The molecule has 6 aromatic carbocycles. The van der Waals surface area contributed by atoms with Crippen molar-refractivity contribution in [2.24, 2.45) is 0 Å². The maximum Gasteiger partial charge on any atom is 0.252 e. The highest BCUT2D eigenvalue weighted by Gasteiger charge is 2.40. The predicted octanol–water partition coefficient (Wildman–Crippen LogP) is 7.46. The topological polar surface area (TPSA) is 40.8 Å². The molecule has 0 bridgehead atoms. The summed E-state index contributed by atoms with van der Waals surface area (Å²) in [4.78, 5) is 0. The number of hydrogen-bond donors (Lipinski definition) is 1. The van der Waals surface area contributed by atoms with Crippen molar-refractivity contribution in [1.29, 1.82) is 5.26 Å². The van der Waals surface area contributed by atoms with E-state index in [9.17, 15) is 9.65 Å². The Hall–Kier alpha value is -5.67. The number of rotatable bonds is 2. The predicted molar refractivity (Wildman–Crippen MR) is 175 cm³/mol. The molecule has 0 spiro atoms. The van der Waals surface area contributed by atoms with Crippen LogP contribution in [0.2, 0.25) is 0 Å². The minimum Gasteiger partial charge on any atom is -0.356 e. The van der Waals surface area contributed by atoms with Gasteiger partial charge in [-0.05, 0) is 64.3 Å². The number of aromatic nitrogens is 1. The van der Waals surface area contributed by atoms with E-state index < -0.39 is 11.6 Å². The number of aryl methyl sites for hydroxylation is 1. The molecule has 0 saturated heterocycles. The van der Waals surface area contributed by atoms with Crippen LogP contribution in [0.25, 0.3) is 49.7 Å². The number of benzene rings is 6. The van der Waals surface area contributed by atoms with Gasteiger partial charge in [-0.15, -0.1) is 0 Å². The molecule has 0 fully saturated rings.